The molecule has 2 amide bonds. The molecule has 2 unspecified atom stereocenters. The maximum Gasteiger partial charge on any atom is 0.416 e. The van der Waals surface area contributed by atoms with Gasteiger partial charge in [0.25, 0.3) is 11.5 Å². The van der Waals surface area contributed by atoms with Crippen molar-refractivity contribution >= 4 is 46.5 Å². The number of ether oxygens (including phenoxy) is 1. The minimum atomic E-state index is -4.62. The third-order valence-electron chi connectivity index (χ3n) is 9.36. The van der Waals surface area contributed by atoms with Gasteiger partial charge >= 0.3 is 6.18 Å². The van der Waals surface area contributed by atoms with E-state index in [4.69, 9.17) is 21.3 Å². The van der Waals surface area contributed by atoms with Gasteiger partial charge in [0.05, 0.1) is 35.2 Å². The Morgan fingerprint density at radius 2 is 1.75 bits per heavy atom. The van der Waals surface area contributed by atoms with E-state index < -0.39 is 52.4 Å². The Balaban J connectivity index is 1.25. The van der Waals surface area contributed by atoms with E-state index in [0.717, 1.165) is 28.8 Å². The number of aryl methyl sites for hydroxylation is 1. The second-order valence-electron chi connectivity index (χ2n) is 12.7. The van der Waals surface area contributed by atoms with Gasteiger partial charge in [0.2, 0.25) is 17.6 Å². The van der Waals surface area contributed by atoms with Crippen LogP contribution in [-0.2, 0) is 15.7 Å². The van der Waals surface area contributed by atoms with Crippen molar-refractivity contribution in [1.29, 1.82) is 0 Å². The molecular formula is C32H32ClF4N9O5. The fourth-order valence-corrected chi connectivity index (χ4v) is 7.06. The first kappa shape index (κ1) is 34.5. The highest BCUT2D eigenvalue weighted by molar-refractivity contribution is 6.33. The van der Waals surface area contributed by atoms with Gasteiger partial charge in [0, 0.05) is 50.9 Å². The predicted molar refractivity (Wildman–Crippen MR) is 176 cm³/mol. The van der Waals surface area contributed by atoms with E-state index in [9.17, 15) is 37.1 Å². The van der Waals surface area contributed by atoms with Crippen LogP contribution in [0.1, 0.15) is 52.7 Å². The summed E-state index contributed by atoms with van der Waals surface area (Å²) in [5.41, 5.74) is -0.883. The van der Waals surface area contributed by atoms with Crippen LogP contribution in [0.2, 0.25) is 5.02 Å². The smallest absolute Gasteiger partial charge is 0.416 e. The van der Waals surface area contributed by atoms with E-state index >= 15 is 0 Å². The Morgan fingerprint density at radius 3 is 2.41 bits per heavy atom. The molecular weight excluding hydrogens is 702 g/mol. The lowest BCUT2D eigenvalue weighted by molar-refractivity contribution is -0.137. The number of morpholine rings is 1. The topological polar surface area (TPSA) is 150 Å². The van der Waals surface area contributed by atoms with E-state index in [2.05, 4.69) is 15.4 Å². The second-order valence-corrected chi connectivity index (χ2v) is 13.1. The number of aromatic nitrogens is 5. The fourth-order valence-electron chi connectivity index (χ4n) is 6.83. The van der Waals surface area contributed by atoms with Crippen LogP contribution in [-0.4, -0.2) is 98.5 Å². The Morgan fingerprint density at radius 1 is 1.04 bits per heavy atom. The molecule has 3 aliphatic rings. The summed E-state index contributed by atoms with van der Waals surface area (Å²) in [4.78, 5) is 55.3. The van der Waals surface area contributed by atoms with Crippen LogP contribution >= 0.6 is 11.6 Å². The normalized spacial score (nSPS) is 19.5. The van der Waals surface area contributed by atoms with Crippen molar-refractivity contribution in [2.24, 2.45) is 0 Å². The molecule has 2 N–H and O–H groups in total. The molecule has 0 bridgehead atoms. The van der Waals surface area contributed by atoms with Crippen LogP contribution in [0.25, 0.3) is 5.78 Å². The molecule has 3 aliphatic heterocycles. The largest absolute Gasteiger partial charge is 0.503 e. The van der Waals surface area contributed by atoms with Crippen LogP contribution in [0.4, 0.5) is 34.9 Å². The van der Waals surface area contributed by atoms with Gasteiger partial charge < -0.3 is 29.9 Å². The molecule has 2 fully saturated rings. The molecule has 3 aromatic heterocycles. The molecule has 7 rings (SSSR count). The quantitative estimate of drug-likeness (QED) is 0.292. The number of amides is 2. The van der Waals surface area contributed by atoms with Gasteiger partial charge in [-0.15, -0.1) is 5.10 Å². The van der Waals surface area contributed by atoms with Gasteiger partial charge in [-0.2, -0.15) is 22.7 Å². The molecule has 51 heavy (non-hydrogen) atoms. The number of benzene rings is 1. The number of carbonyl (C=O) groups excluding carboxylic acids is 2. The third-order valence-corrected chi connectivity index (χ3v) is 9.67. The number of alkyl halides is 3. The van der Waals surface area contributed by atoms with Gasteiger partial charge in [0.15, 0.2) is 17.3 Å². The number of pyridine rings is 1. The molecule has 2 atom stereocenters. The Hall–Kier alpha value is -4.97. The average molecular weight is 734 g/mol. The zero-order valence-corrected chi connectivity index (χ0v) is 28.1. The summed E-state index contributed by atoms with van der Waals surface area (Å²) in [5.74, 6) is -3.03. The Labute approximate surface area is 292 Å². The highest BCUT2D eigenvalue weighted by Crippen LogP contribution is 2.42. The molecule has 0 radical (unpaired) electrons. The maximum absolute atomic E-state index is 14.3. The van der Waals surface area contributed by atoms with E-state index in [1.54, 1.807) is 9.47 Å². The number of hydrogen-bond acceptors (Lipinski definition) is 10. The lowest BCUT2D eigenvalue weighted by atomic mass is 10.0. The molecule has 6 heterocycles. The van der Waals surface area contributed by atoms with E-state index in [1.807, 2.05) is 11.8 Å². The van der Waals surface area contributed by atoms with E-state index in [-0.39, 0.29) is 72.3 Å². The number of anilines is 3. The number of nitrogens with zero attached hydrogens (tertiary/aromatic N) is 8. The summed E-state index contributed by atoms with van der Waals surface area (Å²) in [5, 5.41) is 17.1. The fraction of sp³-hybridized carbons (Fsp3) is 0.438. The van der Waals surface area contributed by atoms with Gasteiger partial charge in [-0.3, -0.25) is 19.0 Å². The Bertz CT molecular complexity index is 2110. The first-order valence-corrected chi connectivity index (χ1v) is 16.6. The molecule has 0 spiro atoms. The number of hydrogen-bond donors (Lipinski definition) is 2. The lowest BCUT2D eigenvalue weighted by Gasteiger charge is -2.36. The van der Waals surface area contributed by atoms with Crippen molar-refractivity contribution in [3.8, 4) is 5.75 Å². The predicted octanol–water partition coefficient (Wildman–Crippen LogP) is 3.60. The van der Waals surface area contributed by atoms with Crippen molar-refractivity contribution in [3.05, 3.63) is 68.1 Å². The molecule has 0 saturated carbocycles. The molecule has 2 saturated heterocycles. The number of carbonyl (C=O) groups is 2. The molecule has 1 aromatic carbocycles. The molecule has 270 valence electrons. The lowest BCUT2D eigenvalue weighted by Crippen LogP contribution is -2.51. The van der Waals surface area contributed by atoms with Gasteiger partial charge in [-0.25, -0.2) is 9.37 Å². The average Bonchev–Trinajstić information content (AvgIpc) is 3.69. The number of piperazine rings is 1. The van der Waals surface area contributed by atoms with Gasteiger partial charge in [-0.05, 0) is 37.6 Å². The standard InChI is InChI=1S/C32H32ClF4N9O5/c1-16-13-22(27(48)39-21-4-3-18(15-19(21)33)32(35,36)37)45-24(16)25(29(50)46-31(45)40-30(41-46)44-9-11-51-12-10-44)42-5-7-43(8-6-42)28(49)23-26(47)20(34)14-17(2)38-23/h3-4,14-16,22,47H,5-13H2,1-2H3,(H,39,48). The van der Waals surface area contributed by atoms with Crippen molar-refractivity contribution in [3.63, 3.8) is 0 Å². The molecule has 14 nitrogen and oxygen atoms in total. The summed E-state index contributed by atoms with van der Waals surface area (Å²) in [6, 6.07) is 2.72. The molecule has 0 aliphatic carbocycles. The minimum absolute atomic E-state index is 0.0154. The number of rotatable bonds is 5. The number of aromatic hydroxyl groups is 1. The first-order valence-electron chi connectivity index (χ1n) is 16.2. The molecule has 4 aromatic rings. The maximum atomic E-state index is 14.3. The van der Waals surface area contributed by atoms with E-state index in [0.29, 0.717) is 32.0 Å². The van der Waals surface area contributed by atoms with E-state index in [1.165, 1.54) is 11.8 Å². The molecule has 19 heteroatoms. The van der Waals surface area contributed by atoms with Crippen molar-refractivity contribution in [1.82, 2.24) is 29.0 Å². The van der Waals surface area contributed by atoms with Crippen LogP contribution in [0.3, 0.4) is 0 Å². The highest BCUT2D eigenvalue weighted by atomic mass is 35.5. The zero-order chi connectivity index (χ0) is 36.4. The summed E-state index contributed by atoms with van der Waals surface area (Å²) in [7, 11) is 0. The minimum Gasteiger partial charge on any atom is -0.503 e. The third kappa shape index (κ3) is 6.19. The summed E-state index contributed by atoms with van der Waals surface area (Å²) < 4.78 is 62.2. The zero-order valence-electron chi connectivity index (χ0n) is 27.4. The second kappa shape index (κ2) is 13.0. The van der Waals surface area contributed by atoms with Gasteiger partial charge in [-0.1, -0.05) is 18.5 Å². The highest BCUT2D eigenvalue weighted by Gasteiger charge is 2.41. The summed E-state index contributed by atoms with van der Waals surface area (Å²) >= 11 is 6.17. The van der Waals surface area contributed by atoms with Crippen LogP contribution in [0.5, 0.6) is 5.75 Å². The van der Waals surface area contributed by atoms with Gasteiger partial charge in [0.1, 0.15) is 11.7 Å². The monoisotopic (exact) mass is 733 g/mol. The Kier molecular flexibility index (Phi) is 8.77. The van der Waals surface area contributed by atoms with Crippen molar-refractivity contribution in [2.75, 3.05) is 67.6 Å². The summed E-state index contributed by atoms with van der Waals surface area (Å²) in [6.07, 6.45) is -4.40. The van der Waals surface area contributed by atoms with Crippen molar-refractivity contribution < 1.29 is 37.0 Å². The van der Waals surface area contributed by atoms with Crippen LogP contribution < -0.4 is 20.7 Å². The van der Waals surface area contributed by atoms with Crippen LogP contribution in [0, 0.1) is 12.7 Å². The SMILES string of the molecule is Cc1cc(F)c(O)c(C(=O)N2CCN(c3c4n(c5nc(N6CCOCC6)nn5c3=O)C(C(=O)Nc3ccc(C(F)(F)F)cc3Cl)CC4C)CC2)n1. The first-order chi connectivity index (χ1) is 24.2. The number of fused-ring (bicyclic) bond motifs is 3. The van der Waals surface area contributed by atoms with Crippen LogP contribution in [0.15, 0.2) is 29.1 Å². The summed E-state index contributed by atoms with van der Waals surface area (Å²) in [6.45, 7) is 5.71. The van der Waals surface area contributed by atoms with Crippen molar-refractivity contribution in [2.45, 2.75) is 38.4 Å². The number of halogens is 5. The number of nitrogens with one attached hydrogen (secondary N) is 1.